The van der Waals surface area contributed by atoms with Crippen LogP contribution in [0, 0.1) is 24.7 Å². The van der Waals surface area contributed by atoms with Gasteiger partial charge in [0.05, 0.1) is 6.04 Å². The molecule has 0 unspecified atom stereocenters. The summed E-state index contributed by atoms with van der Waals surface area (Å²) >= 11 is 0. The number of aryl methyl sites for hydroxylation is 1. The molecule has 1 amide bonds. The van der Waals surface area contributed by atoms with Crippen LogP contribution < -0.4 is 4.90 Å². The molecule has 3 fully saturated rings. The summed E-state index contributed by atoms with van der Waals surface area (Å²) in [4.78, 5) is 26.9. The van der Waals surface area contributed by atoms with Crippen LogP contribution in [-0.4, -0.2) is 53.6 Å². The van der Waals surface area contributed by atoms with Crippen LogP contribution in [0.15, 0.2) is 42.6 Å². The second-order valence-electron chi connectivity index (χ2n) is 8.52. The lowest BCUT2D eigenvalue weighted by atomic mass is 9.89. The van der Waals surface area contributed by atoms with Crippen molar-refractivity contribution in [3.05, 3.63) is 54.0 Å². The van der Waals surface area contributed by atoms with Gasteiger partial charge >= 0.3 is 0 Å². The standard InChI is InChI=1S/C23H28N4O2/c1-16-24-10-7-21(25-16)26-13-19-14-27(23(28)18-8-11-29-12-9-18)22(20(19)15-26)17-5-3-2-4-6-17/h2-7,10,18-20,22H,8-9,11-15H2,1H3/t19-,20-,22+/m0/s1. The first-order valence-electron chi connectivity index (χ1n) is 10.7. The molecule has 29 heavy (non-hydrogen) atoms. The van der Waals surface area contributed by atoms with Crippen molar-refractivity contribution in [3.8, 4) is 0 Å². The van der Waals surface area contributed by atoms with E-state index in [1.54, 1.807) is 0 Å². The van der Waals surface area contributed by atoms with Gasteiger partial charge < -0.3 is 14.5 Å². The van der Waals surface area contributed by atoms with Crippen LogP contribution in [0.3, 0.4) is 0 Å². The van der Waals surface area contributed by atoms with Crippen molar-refractivity contribution >= 4 is 11.7 Å². The summed E-state index contributed by atoms with van der Waals surface area (Å²) in [6.07, 6.45) is 3.53. The van der Waals surface area contributed by atoms with Gasteiger partial charge in [0.15, 0.2) is 0 Å². The lowest BCUT2D eigenvalue weighted by molar-refractivity contribution is -0.140. The summed E-state index contributed by atoms with van der Waals surface area (Å²) in [5, 5.41) is 0. The van der Waals surface area contributed by atoms with Gasteiger partial charge in [0.25, 0.3) is 0 Å². The van der Waals surface area contributed by atoms with Crippen molar-refractivity contribution in [1.29, 1.82) is 0 Å². The molecule has 3 atom stereocenters. The Labute approximate surface area is 171 Å². The molecule has 2 aromatic rings. The smallest absolute Gasteiger partial charge is 0.226 e. The van der Waals surface area contributed by atoms with Gasteiger partial charge in [0.1, 0.15) is 11.6 Å². The molecule has 152 valence electrons. The van der Waals surface area contributed by atoms with Crippen LogP contribution >= 0.6 is 0 Å². The largest absolute Gasteiger partial charge is 0.381 e. The average Bonchev–Trinajstić information content (AvgIpc) is 3.32. The number of likely N-dealkylation sites (tertiary alicyclic amines) is 1. The fourth-order valence-corrected chi connectivity index (χ4v) is 5.34. The van der Waals surface area contributed by atoms with Crippen LogP contribution in [0.2, 0.25) is 0 Å². The van der Waals surface area contributed by atoms with Crippen molar-refractivity contribution < 1.29 is 9.53 Å². The first-order valence-corrected chi connectivity index (χ1v) is 10.7. The molecule has 0 aliphatic carbocycles. The normalized spacial score (nSPS) is 27.3. The van der Waals surface area contributed by atoms with E-state index in [4.69, 9.17) is 4.74 Å². The summed E-state index contributed by atoms with van der Waals surface area (Å²) < 4.78 is 5.48. The summed E-state index contributed by atoms with van der Waals surface area (Å²) in [5.74, 6) is 3.13. The van der Waals surface area contributed by atoms with Crippen molar-refractivity contribution in [1.82, 2.24) is 14.9 Å². The molecule has 0 bridgehead atoms. The first kappa shape index (κ1) is 18.6. The van der Waals surface area contributed by atoms with Gasteiger partial charge in [0, 0.05) is 56.8 Å². The zero-order chi connectivity index (χ0) is 19.8. The summed E-state index contributed by atoms with van der Waals surface area (Å²) in [6.45, 7) is 6.05. The zero-order valence-electron chi connectivity index (χ0n) is 16.9. The molecule has 0 radical (unpaired) electrons. The second-order valence-corrected chi connectivity index (χ2v) is 8.52. The molecule has 0 N–H and O–H groups in total. The van der Waals surface area contributed by atoms with Crippen molar-refractivity contribution in [2.45, 2.75) is 25.8 Å². The maximum atomic E-state index is 13.4. The number of hydrogen-bond acceptors (Lipinski definition) is 5. The second kappa shape index (κ2) is 7.75. The Morgan fingerprint density at radius 3 is 2.62 bits per heavy atom. The quantitative estimate of drug-likeness (QED) is 0.804. The maximum Gasteiger partial charge on any atom is 0.226 e. The summed E-state index contributed by atoms with van der Waals surface area (Å²) in [7, 11) is 0. The molecule has 3 saturated heterocycles. The van der Waals surface area contributed by atoms with E-state index >= 15 is 0 Å². The van der Waals surface area contributed by atoms with Crippen molar-refractivity contribution in [2.75, 3.05) is 37.7 Å². The molecule has 1 aromatic carbocycles. The number of amides is 1. The highest BCUT2D eigenvalue weighted by Crippen LogP contribution is 2.46. The third-order valence-corrected chi connectivity index (χ3v) is 6.74. The van der Waals surface area contributed by atoms with Crippen LogP contribution in [-0.2, 0) is 9.53 Å². The van der Waals surface area contributed by atoms with Gasteiger partial charge in [0.2, 0.25) is 5.91 Å². The lowest BCUT2D eigenvalue weighted by Gasteiger charge is -2.33. The number of hydrogen-bond donors (Lipinski definition) is 0. The Balaban J connectivity index is 1.42. The van der Waals surface area contributed by atoms with Crippen molar-refractivity contribution in [2.24, 2.45) is 17.8 Å². The minimum atomic E-state index is 0.106. The molecular formula is C23H28N4O2. The number of carbonyl (C=O) groups excluding carboxylic acids is 1. The Morgan fingerprint density at radius 2 is 1.86 bits per heavy atom. The highest BCUT2D eigenvalue weighted by atomic mass is 16.5. The van der Waals surface area contributed by atoms with E-state index in [1.165, 1.54) is 5.56 Å². The van der Waals surface area contributed by atoms with E-state index < -0.39 is 0 Å². The van der Waals surface area contributed by atoms with Crippen LogP contribution in [0.4, 0.5) is 5.82 Å². The molecule has 0 spiro atoms. The highest BCUT2D eigenvalue weighted by Gasteiger charge is 2.50. The Kier molecular flexibility index (Phi) is 4.96. The number of fused-ring (bicyclic) bond motifs is 1. The fraction of sp³-hybridized carbons (Fsp3) is 0.522. The van der Waals surface area contributed by atoms with Crippen LogP contribution in [0.5, 0.6) is 0 Å². The van der Waals surface area contributed by atoms with Crippen LogP contribution in [0.25, 0.3) is 0 Å². The number of carbonyl (C=O) groups is 1. The number of nitrogens with zero attached hydrogens (tertiary/aromatic N) is 4. The lowest BCUT2D eigenvalue weighted by Crippen LogP contribution is -2.41. The zero-order valence-corrected chi connectivity index (χ0v) is 16.9. The average molecular weight is 393 g/mol. The molecular weight excluding hydrogens is 364 g/mol. The first-order chi connectivity index (χ1) is 14.2. The molecule has 3 aliphatic heterocycles. The van der Waals surface area contributed by atoms with E-state index in [0.29, 0.717) is 31.0 Å². The SMILES string of the molecule is Cc1nccc(N2C[C@H]3CN(C(=O)C4CCOCC4)[C@H](c4ccccc4)[C@H]3C2)n1. The summed E-state index contributed by atoms with van der Waals surface area (Å²) in [5.41, 5.74) is 1.25. The third-order valence-electron chi connectivity index (χ3n) is 6.74. The van der Waals surface area contributed by atoms with Crippen molar-refractivity contribution in [3.63, 3.8) is 0 Å². The van der Waals surface area contributed by atoms with E-state index in [1.807, 2.05) is 25.3 Å². The van der Waals surface area contributed by atoms with E-state index in [0.717, 1.165) is 44.1 Å². The van der Waals surface area contributed by atoms with Gasteiger partial charge in [-0.1, -0.05) is 30.3 Å². The Morgan fingerprint density at radius 1 is 1.07 bits per heavy atom. The minimum Gasteiger partial charge on any atom is -0.381 e. The molecule has 1 aromatic heterocycles. The fourth-order valence-electron chi connectivity index (χ4n) is 5.34. The van der Waals surface area contributed by atoms with Gasteiger partial charge in [-0.2, -0.15) is 0 Å². The number of anilines is 1. The molecule has 6 nitrogen and oxygen atoms in total. The Bertz CT molecular complexity index is 868. The molecule has 4 heterocycles. The minimum absolute atomic E-state index is 0.106. The molecule has 5 rings (SSSR count). The highest BCUT2D eigenvalue weighted by molar-refractivity contribution is 5.80. The van der Waals surface area contributed by atoms with Gasteiger partial charge in [-0.3, -0.25) is 4.79 Å². The third kappa shape index (κ3) is 3.50. The van der Waals surface area contributed by atoms with Crippen LogP contribution in [0.1, 0.15) is 30.3 Å². The van der Waals surface area contributed by atoms with Gasteiger partial charge in [-0.25, -0.2) is 9.97 Å². The van der Waals surface area contributed by atoms with Gasteiger partial charge in [-0.05, 0) is 31.4 Å². The van der Waals surface area contributed by atoms with Gasteiger partial charge in [-0.15, -0.1) is 0 Å². The predicted molar refractivity (Wildman–Crippen MR) is 110 cm³/mol. The molecule has 3 aliphatic rings. The number of ether oxygens (including phenoxy) is 1. The maximum absolute atomic E-state index is 13.4. The molecule has 0 saturated carbocycles. The molecule has 6 heteroatoms. The number of aromatic nitrogens is 2. The predicted octanol–water partition coefficient (Wildman–Crippen LogP) is 2.85. The van der Waals surface area contributed by atoms with E-state index in [9.17, 15) is 4.79 Å². The number of rotatable bonds is 3. The number of benzene rings is 1. The Hall–Kier alpha value is -2.47. The van der Waals surface area contributed by atoms with E-state index in [2.05, 4.69) is 44.0 Å². The summed E-state index contributed by atoms with van der Waals surface area (Å²) in [6, 6.07) is 12.7. The topological polar surface area (TPSA) is 58.6 Å². The monoisotopic (exact) mass is 392 g/mol. The van der Waals surface area contributed by atoms with E-state index in [-0.39, 0.29) is 12.0 Å².